The summed E-state index contributed by atoms with van der Waals surface area (Å²) in [7, 11) is 0. The third-order valence-electron chi connectivity index (χ3n) is 2.95. The lowest BCUT2D eigenvalue weighted by Gasteiger charge is -2.07. The molecule has 0 radical (unpaired) electrons. The Morgan fingerprint density at radius 3 is 2.62 bits per heavy atom. The van der Waals surface area contributed by atoms with E-state index in [4.69, 9.17) is 0 Å². The summed E-state index contributed by atoms with van der Waals surface area (Å²) in [6, 6.07) is 10.1. The van der Waals surface area contributed by atoms with Gasteiger partial charge in [0.1, 0.15) is 0 Å². The Bertz CT molecular complexity index is 752. The lowest BCUT2D eigenvalue weighted by molar-refractivity contribution is 0.102. The van der Waals surface area contributed by atoms with Gasteiger partial charge >= 0.3 is 0 Å². The highest BCUT2D eigenvalue weighted by Crippen LogP contribution is 2.19. The van der Waals surface area contributed by atoms with Gasteiger partial charge in [-0.15, -0.1) is 0 Å². The SMILES string of the molecule is O=C(Nc1ncccc1O)c1ccc(-n2ccnc2)cc1. The Morgan fingerprint density at radius 1 is 1.14 bits per heavy atom. The monoisotopic (exact) mass is 280 g/mol. The summed E-state index contributed by atoms with van der Waals surface area (Å²) in [5.41, 5.74) is 1.38. The number of hydrogen-bond acceptors (Lipinski definition) is 4. The van der Waals surface area contributed by atoms with E-state index in [0.717, 1.165) is 5.69 Å². The smallest absolute Gasteiger partial charge is 0.256 e. The number of amides is 1. The zero-order valence-corrected chi connectivity index (χ0v) is 11.0. The second-order valence-corrected chi connectivity index (χ2v) is 4.34. The lowest BCUT2D eigenvalue weighted by Crippen LogP contribution is -2.13. The van der Waals surface area contributed by atoms with Crippen molar-refractivity contribution < 1.29 is 9.90 Å². The summed E-state index contributed by atoms with van der Waals surface area (Å²) in [6.07, 6.45) is 6.68. The standard InChI is InChI=1S/C15H12N4O2/c20-13-2-1-7-17-14(13)18-15(21)11-3-5-12(6-4-11)19-9-8-16-10-19/h1-10,20H,(H,17,18,21). The minimum atomic E-state index is -0.332. The van der Waals surface area contributed by atoms with Crippen molar-refractivity contribution in [3.63, 3.8) is 0 Å². The number of anilines is 1. The van der Waals surface area contributed by atoms with E-state index >= 15 is 0 Å². The van der Waals surface area contributed by atoms with Gasteiger partial charge < -0.3 is 15.0 Å². The van der Waals surface area contributed by atoms with Gasteiger partial charge in [0.25, 0.3) is 5.91 Å². The number of benzene rings is 1. The summed E-state index contributed by atoms with van der Waals surface area (Å²) in [5, 5.41) is 12.1. The van der Waals surface area contributed by atoms with Crippen LogP contribution >= 0.6 is 0 Å². The molecule has 0 atom stereocenters. The average molecular weight is 280 g/mol. The highest BCUT2D eigenvalue weighted by Gasteiger charge is 2.09. The van der Waals surface area contributed by atoms with Crippen molar-refractivity contribution in [2.75, 3.05) is 5.32 Å². The van der Waals surface area contributed by atoms with Gasteiger partial charge in [0.2, 0.25) is 0 Å². The normalized spacial score (nSPS) is 10.3. The van der Waals surface area contributed by atoms with E-state index in [-0.39, 0.29) is 17.5 Å². The molecule has 21 heavy (non-hydrogen) atoms. The van der Waals surface area contributed by atoms with Gasteiger partial charge in [-0.1, -0.05) is 0 Å². The van der Waals surface area contributed by atoms with Gasteiger partial charge in [-0.3, -0.25) is 4.79 Å². The first-order chi connectivity index (χ1) is 10.2. The molecular formula is C15H12N4O2. The molecule has 6 nitrogen and oxygen atoms in total. The second-order valence-electron chi connectivity index (χ2n) is 4.34. The molecule has 1 amide bonds. The van der Waals surface area contributed by atoms with Crippen molar-refractivity contribution in [2.24, 2.45) is 0 Å². The summed E-state index contributed by atoms with van der Waals surface area (Å²) >= 11 is 0. The van der Waals surface area contributed by atoms with Gasteiger partial charge in [-0.2, -0.15) is 0 Å². The molecule has 2 heterocycles. The van der Waals surface area contributed by atoms with Gasteiger partial charge in [0, 0.05) is 29.8 Å². The lowest BCUT2D eigenvalue weighted by atomic mass is 10.2. The molecule has 3 rings (SSSR count). The number of aromatic hydroxyl groups is 1. The molecule has 0 aliphatic carbocycles. The maximum atomic E-state index is 12.1. The zero-order chi connectivity index (χ0) is 14.7. The number of carbonyl (C=O) groups is 1. The second kappa shape index (κ2) is 5.46. The van der Waals surface area contributed by atoms with Crippen LogP contribution in [0.25, 0.3) is 5.69 Å². The van der Waals surface area contributed by atoms with Crippen molar-refractivity contribution in [3.8, 4) is 11.4 Å². The molecular weight excluding hydrogens is 268 g/mol. The molecule has 1 aromatic carbocycles. The van der Waals surface area contributed by atoms with Crippen molar-refractivity contribution in [2.45, 2.75) is 0 Å². The molecule has 0 aliphatic heterocycles. The van der Waals surface area contributed by atoms with Crippen LogP contribution in [0.5, 0.6) is 5.75 Å². The highest BCUT2D eigenvalue weighted by atomic mass is 16.3. The number of rotatable bonds is 3. The number of aromatic nitrogens is 3. The summed E-state index contributed by atoms with van der Waals surface area (Å²) in [6.45, 7) is 0. The molecule has 0 spiro atoms. The van der Waals surface area contributed by atoms with E-state index < -0.39 is 0 Å². The number of nitrogens with zero attached hydrogens (tertiary/aromatic N) is 3. The third-order valence-corrected chi connectivity index (χ3v) is 2.95. The van der Waals surface area contributed by atoms with Gasteiger partial charge in [-0.25, -0.2) is 9.97 Å². The molecule has 0 fully saturated rings. The summed E-state index contributed by atoms with van der Waals surface area (Å²) in [4.78, 5) is 20.0. The molecule has 2 aromatic heterocycles. The minimum Gasteiger partial charge on any atom is -0.504 e. The van der Waals surface area contributed by atoms with E-state index in [0.29, 0.717) is 5.56 Å². The maximum absolute atomic E-state index is 12.1. The number of nitrogens with one attached hydrogen (secondary N) is 1. The number of carbonyl (C=O) groups excluding carboxylic acids is 1. The van der Waals surface area contributed by atoms with Crippen LogP contribution in [0.2, 0.25) is 0 Å². The van der Waals surface area contributed by atoms with Gasteiger partial charge in [-0.05, 0) is 36.4 Å². The maximum Gasteiger partial charge on any atom is 0.256 e. The van der Waals surface area contributed by atoms with Crippen LogP contribution in [0, 0.1) is 0 Å². The highest BCUT2D eigenvalue weighted by molar-refractivity contribution is 6.04. The molecule has 0 unspecified atom stereocenters. The number of imidazole rings is 1. The van der Waals surface area contributed by atoms with Crippen LogP contribution in [0.1, 0.15) is 10.4 Å². The largest absolute Gasteiger partial charge is 0.504 e. The average Bonchev–Trinajstić information content (AvgIpc) is 3.04. The first-order valence-electron chi connectivity index (χ1n) is 6.28. The summed E-state index contributed by atoms with van der Waals surface area (Å²) < 4.78 is 1.84. The van der Waals surface area contributed by atoms with Crippen molar-refractivity contribution >= 4 is 11.7 Å². The quantitative estimate of drug-likeness (QED) is 0.771. The molecule has 3 aromatic rings. The predicted molar refractivity (Wildman–Crippen MR) is 77.4 cm³/mol. The van der Waals surface area contributed by atoms with Crippen LogP contribution in [0.15, 0.2) is 61.3 Å². The van der Waals surface area contributed by atoms with Crippen LogP contribution < -0.4 is 5.32 Å². The molecule has 2 N–H and O–H groups in total. The molecule has 6 heteroatoms. The Labute approximate surface area is 120 Å². The van der Waals surface area contributed by atoms with E-state index in [1.807, 2.05) is 22.9 Å². The van der Waals surface area contributed by atoms with Crippen molar-refractivity contribution in [1.82, 2.24) is 14.5 Å². The fourth-order valence-corrected chi connectivity index (χ4v) is 1.87. The fraction of sp³-hybridized carbons (Fsp3) is 0. The number of hydrogen-bond donors (Lipinski definition) is 2. The van der Waals surface area contributed by atoms with Crippen molar-refractivity contribution in [1.29, 1.82) is 0 Å². The fourth-order valence-electron chi connectivity index (χ4n) is 1.87. The first kappa shape index (κ1) is 12.9. The van der Waals surface area contributed by atoms with Crippen molar-refractivity contribution in [3.05, 3.63) is 66.9 Å². The Kier molecular flexibility index (Phi) is 3.34. The minimum absolute atomic E-state index is 0.0686. The van der Waals surface area contributed by atoms with E-state index in [1.54, 1.807) is 30.7 Å². The predicted octanol–water partition coefficient (Wildman–Crippen LogP) is 2.23. The van der Waals surface area contributed by atoms with E-state index in [1.165, 1.54) is 12.3 Å². The molecule has 0 saturated heterocycles. The molecule has 104 valence electrons. The molecule has 0 saturated carbocycles. The Morgan fingerprint density at radius 2 is 1.95 bits per heavy atom. The first-order valence-corrected chi connectivity index (χ1v) is 6.28. The van der Waals surface area contributed by atoms with Gasteiger partial charge in [0.05, 0.1) is 6.33 Å². The molecule has 0 bridgehead atoms. The molecule has 0 aliphatic rings. The summed E-state index contributed by atoms with van der Waals surface area (Å²) in [5.74, 6) is -0.261. The van der Waals surface area contributed by atoms with E-state index in [9.17, 15) is 9.90 Å². The Hall–Kier alpha value is -3.15. The van der Waals surface area contributed by atoms with Gasteiger partial charge in [0.15, 0.2) is 11.6 Å². The van der Waals surface area contributed by atoms with Crippen LogP contribution in [0.3, 0.4) is 0 Å². The van der Waals surface area contributed by atoms with Crippen LogP contribution in [0.4, 0.5) is 5.82 Å². The van der Waals surface area contributed by atoms with Crippen LogP contribution in [-0.2, 0) is 0 Å². The third kappa shape index (κ3) is 2.74. The van der Waals surface area contributed by atoms with Crippen LogP contribution in [-0.4, -0.2) is 25.5 Å². The van der Waals surface area contributed by atoms with E-state index in [2.05, 4.69) is 15.3 Å². The topological polar surface area (TPSA) is 80.0 Å². The Balaban J connectivity index is 1.78. The zero-order valence-electron chi connectivity index (χ0n) is 11.0. The number of pyridine rings is 1.